The van der Waals surface area contributed by atoms with Crippen LogP contribution in [-0.2, 0) is 4.79 Å². The Morgan fingerprint density at radius 3 is 2.61 bits per heavy atom. The molecule has 1 heterocycles. The van der Waals surface area contributed by atoms with Gasteiger partial charge in [-0.3, -0.25) is 4.79 Å². The molecule has 2 rings (SSSR count). The van der Waals surface area contributed by atoms with E-state index in [2.05, 4.69) is 24.1 Å². The van der Waals surface area contributed by atoms with E-state index in [4.69, 9.17) is 5.73 Å². The molecule has 3 N–H and O–H groups in total. The lowest BCUT2D eigenvalue weighted by molar-refractivity contribution is -0.120. The Hall–Kier alpha value is -1.10. The summed E-state index contributed by atoms with van der Waals surface area (Å²) in [6, 6.07) is 0. The van der Waals surface area contributed by atoms with Crippen molar-refractivity contribution < 1.29 is 4.79 Å². The van der Waals surface area contributed by atoms with Gasteiger partial charge in [-0.1, -0.05) is 44.4 Å². The number of hydrogen-bond donors (Lipinski definition) is 2. The number of hydrogen-bond acceptors (Lipinski definition) is 4. The highest BCUT2D eigenvalue weighted by atomic mass is 32.1. The summed E-state index contributed by atoms with van der Waals surface area (Å²) in [4.78, 5) is 16.5. The molecule has 4 nitrogen and oxygen atoms in total. The molecule has 0 saturated heterocycles. The maximum atomic E-state index is 12.1. The summed E-state index contributed by atoms with van der Waals surface area (Å²) in [5.74, 6) is 0.562. The van der Waals surface area contributed by atoms with Crippen LogP contribution in [-0.4, -0.2) is 10.9 Å². The zero-order valence-electron chi connectivity index (χ0n) is 11.0. The molecule has 0 bridgehead atoms. The van der Waals surface area contributed by atoms with E-state index in [1.807, 2.05) is 0 Å². The monoisotopic (exact) mass is 267 g/mol. The van der Waals surface area contributed by atoms with E-state index in [1.54, 1.807) is 0 Å². The minimum absolute atomic E-state index is 0.110. The molecule has 1 aliphatic rings. The highest BCUT2D eigenvalue weighted by Crippen LogP contribution is 2.31. The molecular formula is C13H21N3OS. The molecule has 1 saturated carbocycles. The molecule has 1 aromatic rings. The van der Waals surface area contributed by atoms with Crippen molar-refractivity contribution in [1.82, 2.24) is 4.98 Å². The van der Waals surface area contributed by atoms with Crippen LogP contribution >= 0.6 is 11.3 Å². The van der Waals surface area contributed by atoms with Gasteiger partial charge < -0.3 is 11.1 Å². The average Bonchev–Trinajstić information content (AvgIpc) is 2.71. The van der Waals surface area contributed by atoms with Gasteiger partial charge in [0.05, 0.1) is 5.69 Å². The molecule has 0 unspecified atom stereocenters. The largest absolute Gasteiger partial charge is 0.389 e. The van der Waals surface area contributed by atoms with E-state index in [0.29, 0.717) is 16.1 Å². The summed E-state index contributed by atoms with van der Waals surface area (Å²) in [7, 11) is 0. The van der Waals surface area contributed by atoms with Gasteiger partial charge in [-0.25, -0.2) is 4.98 Å². The van der Waals surface area contributed by atoms with E-state index in [-0.39, 0.29) is 11.8 Å². The highest BCUT2D eigenvalue weighted by Gasteiger charge is 2.22. The van der Waals surface area contributed by atoms with Crippen LogP contribution in [0.2, 0.25) is 0 Å². The summed E-state index contributed by atoms with van der Waals surface area (Å²) >= 11 is 1.37. The van der Waals surface area contributed by atoms with Gasteiger partial charge in [0.1, 0.15) is 5.00 Å². The van der Waals surface area contributed by atoms with Crippen molar-refractivity contribution in [3.8, 4) is 0 Å². The number of nitrogens with two attached hydrogens (primary N) is 1. The first-order valence-electron chi connectivity index (χ1n) is 6.65. The van der Waals surface area contributed by atoms with Crippen LogP contribution < -0.4 is 11.1 Å². The Kier molecular flexibility index (Phi) is 4.22. The predicted molar refractivity (Wildman–Crippen MR) is 75.8 cm³/mol. The number of nitrogens with one attached hydrogen (secondary N) is 1. The Bertz CT molecular complexity index is 422. The Morgan fingerprint density at radius 1 is 1.39 bits per heavy atom. The standard InChI is InChI=1S/C13H21N3OS/c1-8(2)10-11(14)18-13(15-10)16-12(17)9-6-4-3-5-7-9/h8-9H,3-7,14H2,1-2H3,(H,15,16,17). The molecule has 1 aromatic heterocycles. The summed E-state index contributed by atoms with van der Waals surface area (Å²) in [5.41, 5.74) is 6.79. The van der Waals surface area contributed by atoms with Crippen LogP contribution in [0.25, 0.3) is 0 Å². The van der Waals surface area contributed by atoms with E-state index in [1.165, 1.54) is 17.8 Å². The molecule has 5 heteroatoms. The van der Waals surface area contributed by atoms with Crippen LogP contribution in [0.1, 0.15) is 57.6 Å². The zero-order chi connectivity index (χ0) is 13.1. The predicted octanol–water partition coefficient (Wildman–Crippen LogP) is 3.37. The van der Waals surface area contributed by atoms with E-state index in [0.717, 1.165) is 31.4 Å². The first-order chi connectivity index (χ1) is 8.58. The molecule has 0 aromatic carbocycles. The van der Waals surface area contributed by atoms with Crippen molar-refractivity contribution >= 4 is 27.4 Å². The van der Waals surface area contributed by atoms with Gasteiger partial charge in [0.15, 0.2) is 5.13 Å². The molecule has 18 heavy (non-hydrogen) atoms. The molecule has 0 atom stereocenters. The second-order valence-corrected chi connectivity index (χ2v) is 6.28. The molecule has 0 spiro atoms. The number of nitrogen functional groups attached to an aromatic ring is 1. The van der Waals surface area contributed by atoms with Crippen molar-refractivity contribution in [3.05, 3.63) is 5.69 Å². The van der Waals surface area contributed by atoms with Crippen molar-refractivity contribution in [3.63, 3.8) is 0 Å². The van der Waals surface area contributed by atoms with Gasteiger partial charge in [0.2, 0.25) is 5.91 Å². The molecule has 1 amide bonds. The fourth-order valence-electron chi connectivity index (χ4n) is 2.38. The molecular weight excluding hydrogens is 246 g/mol. The van der Waals surface area contributed by atoms with Gasteiger partial charge >= 0.3 is 0 Å². The maximum Gasteiger partial charge on any atom is 0.229 e. The van der Waals surface area contributed by atoms with E-state index < -0.39 is 0 Å². The average molecular weight is 267 g/mol. The third-order valence-electron chi connectivity index (χ3n) is 3.43. The Labute approximate surface area is 112 Å². The van der Waals surface area contributed by atoms with Gasteiger partial charge in [-0.2, -0.15) is 0 Å². The lowest BCUT2D eigenvalue weighted by Gasteiger charge is -2.19. The van der Waals surface area contributed by atoms with Crippen LogP contribution in [0, 0.1) is 5.92 Å². The van der Waals surface area contributed by atoms with E-state index >= 15 is 0 Å². The molecule has 100 valence electrons. The quantitative estimate of drug-likeness (QED) is 0.882. The zero-order valence-corrected chi connectivity index (χ0v) is 11.8. The third-order valence-corrected chi connectivity index (χ3v) is 4.25. The van der Waals surface area contributed by atoms with Gasteiger partial charge in [0, 0.05) is 5.92 Å². The van der Waals surface area contributed by atoms with Crippen molar-refractivity contribution in [1.29, 1.82) is 0 Å². The fraction of sp³-hybridized carbons (Fsp3) is 0.692. The number of anilines is 2. The van der Waals surface area contributed by atoms with Crippen LogP contribution in [0.3, 0.4) is 0 Å². The van der Waals surface area contributed by atoms with Crippen molar-refractivity contribution in [2.45, 2.75) is 51.9 Å². The smallest absolute Gasteiger partial charge is 0.229 e. The van der Waals surface area contributed by atoms with Crippen molar-refractivity contribution in [2.24, 2.45) is 5.92 Å². The lowest BCUT2D eigenvalue weighted by Crippen LogP contribution is -2.24. The number of carbonyl (C=O) groups excluding carboxylic acids is 1. The molecule has 0 radical (unpaired) electrons. The number of thiazole rings is 1. The highest BCUT2D eigenvalue weighted by molar-refractivity contribution is 7.19. The van der Waals surface area contributed by atoms with Crippen LogP contribution in [0.5, 0.6) is 0 Å². The molecule has 1 aliphatic carbocycles. The van der Waals surface area contributed by atoms with Gasteiger partial charge in [0.25, 0.3) is 0 Å². The second kappa shape index (κ2) is 5.69. The van der Waals surface area contributed by atoms with Gasteiger partial charge in [-0.05, 0) is 18.8 Å². The summed E-state index contributed by atoms with van der Waals surface area (Å²) < 4.78 is 0. The maximum absolute atomic E-state index is 12.1. The summed E-state index contributed by atoms with van der Waals surface area (Å²) in [5, 5.41) is 4.27. The minimum atomic E-state index is 0.110. The minimum Gasteiger partial charge on any atom is -0.389 e. The van der Waals surface area contributed by atoms with Crippen molar-refractivity contribution in [2.75, 3.05) is 11.1 Å². The second-order valence-electron chi connectivity index (χ2n) is 5.25. The SMILES string of the molecule is CC(C)c1nc(NC(=O)C2CCCCC2)sc1N. The Balaban J connectivity index is 2.00. The molecule has 1 fully saturated rings. The van der Waals surface area contributed by atoms with Crippen LogP contribution in [0.15, 0.2) is 0 Å². The first kappa shape index (κ1) is 13.3. The summed E-state index contributed by atoms with van der Waals surface area (Å²) in [6.45, 7) is 4.11. The van der Waals surface area contributed by atoms with E-state index in [9.17, 15) is 4.79 Å². The van der Waals surface area contributed by atoms with Gasteiger partial charge in [-0.15, -0.1) is 0 Å². The first-order valence-corrected chi connectivity index (χ1v) is 7.46. The lowest BCUT2D eigenvalue weighted by atomic mass is 9.89. The number of nitrogens with zero attached hydrogens (tertiary/aromatic N) is 1. The van der Waals surface area contributed by atoms with Crippen LogP contribution in [0.4, 0.5) is 10.1 Å². The number of aromatic nitrogens is 1. The number of carbonyl (C=O) groups is 1. The molecule has 0 aliphatic heterocycles. The fourth-order valence-corrected chi connectivity index (χ4v) is 3.27. The third kappa shape index (κ3) is 3.02. The normalized spacial score (nSPS) is 17.1. The summed E-state index contributed by atoms with van der Waals surface area (Å²) in [6.07, 6.45) is 5.59. The number of amides is 1. The topological polar surface area (TPSA) is 68.0 Å². The number of rotatable bonds is 3. The Morgan fingerprint density at radius 2 is 2.06 bits per heavy atom.